The molecule has 5 heteroatoms. The number of anilines is 1. The number of pyridine rings is 1. The third-order valence-corrected chi connectivity index (χ3v) is 3.32. The maximum absolute atomic E-state index is 5.92. The van der Waals surface area contributed by atoms with E-state index in [1.165, 1.54) is 0 Å². The van der Waals surface area contributed by atoms with Crippen LogP contribution < -0.4 is 5.73 Å². The third kappa shape index (κ3) is 2.24. The summed E-state index contributed by atoms with van der Waals surface area (Å²) >= 11 is 3.41. The van der Waals surface area contributed by atoms with Crippen LogP contribution in [0, 0.1) is 0 Å². The molecule has 4 nitrogen and oxygen atoms in total. The van der Waals surface area contributed by atoms with Crippen LogP contribution in [0.5, 0.6) is 0 Å². The first-order chi connectivity index (χ1) is 9.25. The van der Waals surface area contributed by atoms with Crippen molar-refractivity contribution in [1.82, 2.24) is 10.1 Å². The van der Waals surface area contributed by atoms with Gasteiger partial charge in [-0.15, -0.1) is 0 Å². The Morgan fingerprint density at radius 1 is 0.947 bits per heavy atom. The highest BCUT2D eigenvalue weighted by molar-refractivity contribution is 9.10. The van der Waals surface area contributed by atoms with Gasteiger partial charge in [-0.3, -0.25) is 4.98 Å². The smallest absolute Gasteiger partial charge is 0.177 e. The van der Waals surface area contributed by atoms with Gasteiger partial charge in [0.25, 0.3) is 0 Å². The predicted molar refractivity (Wildman–Crippen MR) is 77.3 cm³/mol. The van der Waals surface area contributed by atoms with E-state index in [4.69, 9.17) is 10.3 Å². The first-order valence-corrected chi connectivity index (χ1v) is 6.46. The van der Waals surface area contributed by atoms with E-state index in [9.17, 15) is 0 Å². The molecule has 2 aromatic heterocycles. The van der Waals surface area contributed by atoms with Crippen molar-refractivity contribution in [3.05, 3.63) is 53.3 Å². The number of benzene rings is 1. The molecule has 0 atom stereocenters. The summed E-state index contributed by atoms with van der Waals surface area (Å²) in [7, 11) is 0. The molecule has 0 spiro atoms. The van der Waals surface area contributed by atoms with Gasteiger partial charge in [-0.25, -0.2) is 0 Å². The molecule has 2 N–H and O–H groups in total. The maximum atomic E-state index is 5.92. The Morgan fingerprint density at radius 2 is 1.63 bits per heavy atom. The van der Waals surface area contributed by atoms with Crippen LogP contribution in [0.1, 0.15) is 0 Å². The predicted octanol–water partition coefficient (Wildman–Crippen LogP) is 3.75. The van der Waals surface area contributed by atoms with E-state index in [2.05, 4.69) is 26.1 Å². The second kappa shape index (κ2) is 4.85. The molecule has 0 unspecified atom stereocenters. The van der Waals surface area contributed by atoms with Crippen molar-refractivity contribution in [3.8, 4) is 22.5 Å². The summed E-state index contributed by atoms with van der Waals surface area (Å²) in [6.07, 6.45) is 3.42. The van der Waals surface area contributed by atoms with E-state index in [1.807, 2.05) is 36.4 Å². The second-order valence-electron chi connectivity index (χ2n) is 4.01. The summed E-state index contributed by atoms with van der Waals surface area (Å²) in [5, 5.41) is 3.86. The summed E-state index contributed by atoms with van der Waals surface area (Å²) in [6, 6.07) is 11.6. The highest BCUT2D eigenvalue weighted by atomic mass is 79.9. The molecule has 0 saturated heterocycles. The normalized spacial score (nSPS) is 10.6. The Morgan fingerprint density at radius 3 is 2.32 bits per heavy atom. The van der Waals surface area contributed by atoms with Gasteiger partial charge in [0.05, 0.1) is 5.56 Å². The Labute approximate surface area is 118 Å². The van der Waals surface area contributed by atoms with Gasteiger partial charge in [0.15, 0.2) is 11.6 Å². The first-order valence-electron chi connectivity index (χ1n) is 5.67. The number of nitrogens with two attached hydrogens (primary N) is 1. The van der Waals surface area contributed by atoms with Crippen molar-refractivity contribution >= 4 is 21.7 Å². The molecule has 2 heterocycles. The SMILES string of the molecule is Nc1noc(-c2ccncc2)c1-c1ccc(Br)cc1. The van der Waals surface area contributed by atoms with Crippen LogP contribution >= 0.6 is 15.9 Å². The van der Waals surface area contributed by atoms with Crippen molar-refractivity contribution in [3.63, 3.8) is 0 Å². The molecular formula is C14H10BrN3O. The Kier molecular flexibility index (Phi) is 3.05. The Hall–Kier alpha value is -2.14. The molecule has 19 heavy (non-hydrogen) atoms. The fraction of sp³-hybridized carbons (Fsp3) is 0. The third-order valence-electron chi connectivity index (χ3n) is 2.79. The van der Waals surface area contributed by atoms with Crippen LogP contribution in [0.25, 0.3) is 22.5 Å². The fourth-order valence-corrected chi connectivity index (χ4v) is 2.16. The summed E-state index contributed by atoms with van der Waals surface area (Å²) in [6.45, 7) is 0. The lowest BCUT2D eigenvalue weighted by Gasteiger charge is -2.02. The minimum absolute atomic E-state index is 0.383. The molecule has 1 aromatic carbocycles. The number of hydrogen-bond acceptors (Lipinski definition) is 4. The van der Waals surface area contributed by atoms with Gasteiger partial charge < -0.3 is 10.3 Å². The van der Waals surface area contributed by atoms with Gasteiger partial charge in [0.2, 0.25) is 0 Å². The van der Waals surface area contributed by atoms with Crippen molar-refractivity contribution in [2.24, 2.45) is 0 Å². The molecule has 0 aliphatic rings. The van der Waals surface area contributed by atoms with E-state index in [1.54, 1.807) is 12.4 Å². The average Bonchev–Trinajstić information content (AvgIpc) is 2.83. The standard InChI is InChI=1S/C14H10BrN3O/c15-11-3-1-9(2-4-11)12-13(19-18-14(12)16)10-5-7-17-8-6-10/h1-8H,(H2,16,18). The van der Waals surface area contributed by atoms with Crippen LogP contribution in [-0.2, 0) is 0 Å². The van der Waals surface area contributed by atoms with Gasteiger partial charge in [0, 0.05) is 22.4 Å². The number of nitrogen functional groups attached to an aromatic ring is 1. The molecule has 0 aliphatic carbocycles. The molecule has 3 aromatic rings. The van der Waals surface area contributed by atoms with Crippen molar-refractivity contribution in [1.29, 1.82) is 0 Å². The van der Waals surface area contributed by atoms with E-state index in [-0.39, 0.29) is 0 Å². The number of aromatic nitrogens is 2. The number of nitrogens with zero attached hydrogens (tertiary/aromatic N) is 2. The highest BCUT2D eigenvalue weighted by Crippen LogP contribution is 2.36. The number of hydrogen-bond donors (Lipinski definition) is 1. The van der Waals surface area contributed by atoms with E-state index in [0.717, 1.165) is 21.2 Å². The zero-order valence-electron chi connectivity index (χ0n) is 9.88. The Bertz CT molecular complexity index is 692. The molecule has 0 saturated carbocycles. The van der Waals surface area contributed by atoms with E-state index in [0.29, 0.717) is 11.6 Å². The number of rotatable bonds is 2. The Balaban J connectivity index is 2.17. The van der Waals surface area contributed by atoms with Gasteiger partial charge in [0.1, 0.15) is 0 Å². The first kappa shape index (κ1) is 11.9. The van der Waals surface area contributed by atoms with Crippen molar-refractivity contribution in [2.45, 2.75) is 0 Å². The lowest BCUT2D eigenvalue weighted by Crippen LogP contribution is -1.88. The fourth-order valence-electron chi connectivity index (χ4n) is 1.90. The minimum atomic E-state index is 0.383. The summed E-state index contributed by atoms with van der Waals surface area (Å²) in [4.78, 5) is 3.99. The van der Waals surface area contributed by atoms with Gasteiger partial charge in [-0.05, 0) is 29.8 Å². The minimum Gasteiger partial charge on any atom is -0.380 e. The molecule has 0 bridgehead atoms. The van der Waals surface area contributed by atoms with Gasteiger partial charge in [-0.1, -0.05) is 33.2 Å². The zero-order chi connectivity index (χ0) is 13.2. The maximum Gasteiger partial charge on any atom is 0.177 e. The lowest BCUT2D eigenvalue weighted by atomic mass is 10.0. The summed E-state index contributed by atoms with van der Waals surface area (Å²) in [5.74, 6) is 1.04. The molecular weight excluding hydrogens is 306 g/mol. The van der Waals surface area contributed by atoms with E-state index < -0.39 is 0 Å². The highest BCUT2D eigenvalue weighted by Gasteiger charge is 2.17. The van der Waals surface area contributed by atoms with Crippen LogP contribution in [0.4, 0.5) is 5.82 Å². The van der Waals surface area contributed by atoms with Gasteiger partial charge >= 0.3 is 0 Å². The molecule has 0 radical (unpaired) electrons. The van der Waals surface area contributed by atoms with E-state index >= 15 is 0 Å². The second-order valence-corrected chi connectivity index (χ2v) is 4.93. The molecule has 0 fully saturated rings. The monoisotopic (exact) mass is 315 g/mol. The van der Waals surface area contributed by atoms with Crippen LogP contribution in [0.15, 0.2) is 57.8 Å². The summed E-state index contributed by atoms with van der Waals surface area (Å²) < 4.78 is 6.36. The quantitative estimate of drug-likeness (QED) is 0.782. The largest absolute Gasteiger partial charge is 0.380 e. The van der Waals surface area contributed by atoms with Crippen LogP contribution in [-0.4, -0.2) is 10.1 Å². The molecule has 94 valence electrons. The van der Waals surface area contributed by atoms with Gasteiger partial charge in [-0.2, -0.15) is 0 Å². The van der Waals surface area contributed by atoms with Crippen molar-refractivity contribution in [2.75, 3.05) is 5.73 Å². The van der Waals surface area contributed by atoms with Crippen LogP contribution in [0.3, 0.4) is 0 Å². The molecule has 0 amide bonds. The topological polar surface area (TPSA) is 64.9 Å². The van der Waals surface area contributed by atoms with Crippen LogP contribution in [0.2, 0.25) is 0 Å². The number of halogens is 1. The molecule has 0 aliphatic heterocycles. The lowest BCUT2D eigenvalue weighted by molar-refractivity contribution is 0.436. The summed E-state index contributed by atoms with van der Waals surface area (Å²) in [5.41, 5.74) is 8.59. The zero-order valence-corrected chi connectivity index (χ0v) is 11.5. The van der Waals surface area contributed by atoms with Crippen molar-refractivity contribution < 1.29 is 4.52 Å². The molecule has 3 rings (SSSR count). The average molecular weight is 316 g/mol.